The molecule has 0 N–H and O–H groups in total. The summed E-state index contributed by atoms with van der Waals surface area (Å²) in [5, 5.41) is 19.8. The van der Waals surface area contributed by atoms with Gasteiger partial charge >= 0.3 is 0 Å². The highest BCUT2D eigenvalue weighted by atomic mass is 32.2. The van der Waals surface area contributed by atoms with Crippen molar-refractivity contribution in [2.24, 2.45) is 0 Å². The van der Waals surface area contributed by atoms with Crippen LogP contribution in [0.15, 0.2) is 0 Å². The van der Waals surface area contributed by atoms with E-state index >= 15 is 0 Å². The van der Waals surface area contributed by atoms with Crippen molar-refractivity contribution < 1.29 is 19.8 Å². The van der Waals surface area contributed by atoms with Crippen LogP contribution in [0.3, 0.4) is 0 Å². The maximum absolute atomic E-state index is 9.90. The van der Waals surface area contributed by atoms with Crippen molar-refractivity contribution in [3.05, 3.63) is 0 Å². The lowest BCUT2D eigenvalue weighted by Gasteiger charge is -2.02. The van der Waals surface area contributed by atoms with Crippen LogP contribution in [-0.2, 0) is 9.59 Å². The van der Waals surface area contributed by atoms with Crippen molar-refractivity contribution in [2.45, 2.75) is 0 Å². The van der Waals surface area contributed by atoms with Crippen LogP contribution in [0, 0.1) is 0 Å². The van der Waals surface area contributed by atoms with Crippen molar-refractivity contribution in [3.63, 3.8) is 0 Å². The summed E-state index contributed by atoms with van der Waals surface area (Å²) in [5.41, 5.74) is 0. The first-order chi connectivity index (χ1) is 5.63. The zero-order valence-electron chi connectivity index (χ0n) is 6.28. The van der Waals surface area contributed by atoms with E-state index in [1.54, 1.807) is 0 Å². The van der Waals surface area contributed by atoms with E-state index < -0.39 is 11.9 Å². The topological polar surface area (TPSA) is 80.3 Å². The van der Waals surface area contributed by atoms with E-state index in [2.05, 4.69) is 0 Å². The van der Waals surface area contributed by atoms with Gasteiger partial charge in [0.1, 0.15) is 0 Å². The lowest BCUT2D eigenvalue weighted by Crippen LogP contribution is -2.25. The molecular weight excluding hydrogens is 200 g/mol. The second kappa shape index (κ2) is 7.30. The van der Waals surface area contributed by atoms with Gasteiger partial charge in [-0.1, -0.05) is 0 Å². The van der Waals surface area contributed by atoms with Crippen LogP contribution in [0.5, 0.6) is 0 Å². The predicted octanol–water partition coefficient (Wildman–Crippen LogP) is -2.05. The van der Waals surface area contributed by atoms with Crippen molar-refractivity contribution in [1.29, 1.82) is 0 Å². The molecular formula is C6H8O4S2-2. The average Bonchev–Trinajstić information content (AvgIpc) is 1.95. The molecule has 0 aliphatic carbocycles. The first-order valence-electron chi connectivity index (χ1n) is 3.18. The van der Waals surface area contributed by atoms with E-state index in [-0.39, 0.29) is 11.5 Å². The molecule has 0 aromatic carbocycles. The standard InChI is InChI=1S/C6H10O4S2/c7-5(8)3-11-1-2-12-4-6(9)10/h1-4H2,(H,7,8)(H,9,10)/p-2. The zero-order chi connectivity index (χ0) is 9.40. The summed E-state index contributed by atoms with van der Waals surface area (Å²) in [6.07, 6.45) is 0. The number of thioether (sulfide) groups is 2. The molecule has 0 rings (SSSR count). The molecule has 0 saturated carbocycles. The van der Waals surface area contributed by atoms with Gasteiger partial charge in [-0.2, -0.15) is 23.5 Å². The largest absolute Gasteiger partial charge is 0.549 e. The Labute approximate surface area is 78.7 Å². The molecule has 6 heteroatoms. The summed E-state index contributed by atoms with van der Waals surface area (Å²) >= 11 is 2.43. The number of carbonyl (C=O) groups excluding carboxylic acids is 2. The van der Waals surface area contributed by atoms with E-state index in [0.717, 1.165) is 0 Å². The fraction of sp³-hybridized carbons (Fsp3) is 0.667. The average molecular weight is 208 g/mol. The SMILES string of the molecule is O=C([O-])CSCCSCC(=O)[O-]. The fourth-order valence-electron chi connectivity index (χ4n) is 0.429. The third-order valence-electron chi connectivity index (χ3n) is 0.812. The molecule has 4 nitrogen and oxygen atoms in total. The van der Waals surface area contributed by atoms with Crippen molar-refractivity contribution in [2.75, 3.05) is 23.0 Å². The van der Waals surface area contributed by atoms with Crippen LogP contribution >= 0.6 is 23.5 Å². The molecule has 0 fully saturated rings. The molecule has 0 aromatic rings. The Bertz CT molecular complexity index is 142. The number of carbonyl (C=O) groups is 2. The number of aliphatic carboxylic acids is 2. The maximum atomic E-state index is 9.90. The molecule has 0 amide bonds. The van der Waals surface area contributed by atoms with Crippen LogP contribution in [0.2, 0.25) is 0 Å². The van der Waals surface area contributed by atoms with Gasteiger partial charge in [0.15, 0.2) is 0 Å². The molecule has 12 heavy (non-hydrogen) atoms. The molecule has 0 saturated heterocycles. The van der Waals surface area contributed by atoms with Gasteiger partial charge in [0, 0.05) is 23.0 Å². The van der Waals surface area contributed by atoms with E-state index in [4.69, 9.17) is 0 Å². The van der Waals surface area contributed by atoms with E-state index in [1.165, 1.54) is 23.5 Å². The lowest BCUT2D eigenvalue weighted by atomic mass is 10.8. The Balaban J connectivity index is 3.01. The summed E-state index contributed by atoms with van der Waals surface area (Å²) in [6, 6.07) is 0. The minimum absolute atomic E-state index is 0.0358. The molecule has 0 spiro atoms. The highest BCUT2D eigenvalue weighted by molar-refractivity contribution is 8.03. The predicted molar refractivity (Wildman–Crippen MR) is 44.7 cm³/mol. The van der Waals surface area contributed by atoms with Gasteiger partial charge < -0.3 is 19.8 Å². The minimum atomic E-state index is -1.09. The molecule has 0 aliphatic rings. The third-order valence-corrected chi connectivity index (χ3v) is 2.94. The van der Waals surface area contributed by atoms with Crippen molar-refractivity contribution >= 4 is 35.5 Å². The summed E-state index contributed by atoms with van der Waals surface area (Å²) in [5.74, 6) is -1.02. The molecule has 0 aromatic heterocycles. The molecule has 0 aliphatic heterocycles. The summed E-state index contributed by atoms with van der Waals surface area (Å²) in [7, 11) is 0. The van der Waals surface area contributed by atoms with E-state index in [9.17, 15) is 19.8 Å². The Kier molecular flexibility index (Phi) is 7.08. The number of hydrogen-bond donors (Lipinski definition) is 0. The van der Waals surface area contributed by atoms with Gasteiger partial charge in [0.2, 0.25) is 0 Å². The van der Waals surface area contributed by atoms with Gasteiger partial charge in [-0.05, 0) is 0 Å². The molecule has 0 radical (unpaired) electrons. The maximum Gasteiger partial charge on any atom is 0.0513 e. The monoisotopic (exact) mass is 208 g/mol. The number of hydrogen-bond acceptors (Lipinski definition) is 6. The van der Waals surface area contributed by atoms with Gasteiger partial charge in [-0.3, -0.25) is 0 Å². The number of rotatable bonds is 7. The van der Waals surface area contributed by atoms with Gasteiger partial charge in [0.05, 0.1) is 11.9 Å². The molecule has 0 unspecified atom stereocenters. The highest BCUT2D eigenvalue weighted by Gasteiger charge is 1.91. The Hall–Kier alpha value is -0.360. The summed E-state index contributed by atoms with van der Waals surface area (Å²) in [6.45, 7) is 0. The van der Waals surface area contributed by atoms with Crippen LogP contribution < -0.4 is 10.2 Å². The van der Waals surface area contributed by atoms with Gasteiger partial charge in [-0.15, -0.1) is 0 Å². The Morgan fingerprint density at radius 1 is 0.917 bits per heavy atom. The molecule has 0 atom stereocenters. The second-order valence-corrected chi connectivity index (χ2v) is 4.06. The first kappa shape index (κ1) is 11.6. The number of carboxylic acids is 2. The quantitative estimate of drug-likeness (QED) is 0.448. The van der Waals surface area contributed by atoms with Crippen LogP contribution in [0.25, 0.3) is 0 Å². The first-order valence-corrected chi connectivity index (χ1v) is 5.49. The Morgan fingerprint density at radius 3 is 1.50 bits per heavy atom. The van der Waals surface area contributed by atoms with Crippen LogP contribution in [0.1, 0.15) is 0 Å². The summed E-state index contributed by atoms with van der Waals surface area (Å²) in [4.78, 5) is 19.8. The normalized spacial score (nSPS) is 9.67. The van der Waals surface area contributed by atoms with E-state index in [0.29, 0.717) is 11.5 Å². The Morgan fingerprint density at radius 2 is 1.25 bits per heavy atom. The summed E-state index contributed by atoms with van der Waals surface area (Å²) < 4.78 is 0. The minimum Gasteiger partial charge on any atom is -0.549 e. The van der Waals surface area contributed by atoms with E-state index in [1.807, 2.05) is 0 Å². The van der Waals surface area contributed by atoms with Gasteiger partial charge in [-0.25, -0.2) is 0 Å². The third kappa shape index (κ3) is 9.64. The smallest absolute Gasteiger partial charge is 0.0513 e. The van der Waals surface area contributed by atoms with Gasteiger partial charge in [0.25, 0.3) is 0 Å². The number of carboxylic acid groups (broad SMARTS) is 2. The molecule has 0 heterocycles. The second-order valence-electron chi connectivity index (χ2n) is 1.85. The zero-order valence-corrected chi connectivity index (χ0v) is 7.91. The highest BCUT2D eigenvalue weighted by Crippen LogP contribution is 2.05. The molecule has 70 valence electrons. The van der Waals surface area contributed by atoms with Crippen LogP contribution in [0.4, 0.5) is 0 Å². The lowest BCUT2D eigenvalue weighted by molar-refractivity contribution is -0.302. The van der Waals surface area contributed by atoms with Crippen molar-refractivity contribution in [3.8, 4) is 0 Å². The van der Waals surface area contributed by atoms with Crippen molar-refractivity contribution in [1.82, 2.24) is 0 Å². The molecule has 0 bridgehead atoms. The van der Waals surface area contributed by atoms with Crippen LogP contribution in [-0.4, -0.2) is 35.0 Å². The fourth-order valence-corrected chi connectivity index (χ4v) is 1.99.